The minimum atomic E-state index is -0.0177. The van der Waals surface area contributed by atoms with Gasteiger partial charge in [0.25, 0.3) is 5.91 Å². The quantitative estimate of drug-likeness (QED) is 0.464. The van der Waals surface area contributed by atoms with Crippen molar-refractivity contribution in [1.82, 2.24) is 20.1 Å². The molecule has 1 amide bonds. The lowest BCUT2D eigenvalue weighted by Gasteiger charge is -2.35. The zero-order chi connectivity index (χ0) is 23.5. The zero-order valence-corrected chi connectivity index (χ0v) is 18.7. The summed E-state index contributed by atoms with van der Waals surface area (Å²) in [6.45, 7) is 4.51. The number of aromatic nitrogens is 3. The molecule has 168 valence electrons. The molecule has 1 aliphatic heterocycles. The molecule has 0 bridgehead atoms. The van der Waals surface area contributed by atoms with Crippen LogP contribution in [-0.4, -0.2) is 52.2 Å². The molecule has 8 heteroatoms. The van der Waals surface area contributed by atoms with Crippen molar-refractivity contribution >= 4 is 11.7 Å². The average molecular weight is 451 g/mol. The number of nitriles is 1. The topological polar surface area (TPSA) is 99.2 Å². The van der Waals surface area contributed by atoms with Crippen LogP contribution in [0.1, 0.15) is 21.5 Å². The van der Waals surface area contributed by atoms with Crippen molar-refractivity contribution in [2.75, 3.05) is 31.1 Å². The third-order valence-corrected chi connectivity index (χ3v) is 5.83. The summed E-state index contributed by atoms with van der Waals surface area (Å²) in [5.74, 6) is 1.62. The Balaban J connectivity index is 1.24. The Labute approximate surface area is 197 Å². The molecule has 0 saturated carbocycles. The van der Waals surface area contributed by atoms with Crippen molar-refractivity contribution in [3.63, 3.8) is 0 Å². The fourth-order valence-electron chi connectivity index (χ4n) is 3.97. The molecule has 0 radical (unpaired) electrons. The zero-order valence-electron chi connectivity index (χ0n) is 18.7. The molecule has 0 aliphatic carbocycles. The summed E-state index contributed by atoms with van der Waals surface area (Å²) in [6.07, 6.45) is 1.64. The van der Waals surface area contributed by atoms with Crippen LogP contribution in [0.15, 0.2) is 71.3 Å². The van der Waals surface area contributed by atoms with Crippen LogP contribution < -0.4 is 4.90 Å². The van der Waals surface area contributed by atoms with Gasteiger partial charge in [-0.2, -0.15) is 5.26 Å². The van der Waals surface area contributed by atoms with Gasteiger partial charge in [0.2, 0.25) is 11.8 Å². The number of pyridine rings is 1. The number of carbonyl (C=O) groups is 1. The Morgan fingerprint density at radius 3 is 2.38 bits per heavy atom. The van der Waals surface area contributed by atoms with Gasteiger partial charge in [-0.15, -0.1) is 10.2 Å². The van der Waals surface area contributed by atoms with E-state index in [1.807, 2.05) is 48.2 Å². The molecule has 4 aromatic rings. The molecule has 1 fully saturated rings. The number of piperazine rings is 1. The average Bonchev–Trinajstić information content (AvgIpc) is 3.39. The van der Waals surface area contributed by atoms with E-state index in [1.54, 1.807) is 30.5 Å². The second-order valence-electron chi connectivity index (χ2n) is 8.15. The maximum Gasteiger partial charge on any atom is 0.253 e. The lowest BCUT2D eigenvalue weighted by molar-refractivity contribution is 0.0746. The summed E-state index contributed by atoms with van der Waals surface area (Å²) < 4.78 is 5.85. The summed E-state index contributed by atoms with van der Waals surface area (Å²) in [7, 11) is 0. The molecule has 5 rings (SSSR count). The molecule has 0 atom stereocenters. The van der Waals surface area contributed by atoms with E-state index >= 15 is 0 Å². The van der Waals surface area contributed by atoms with Crippen molar-refractivity contribution in [2.45, 2.75) is 6.92 Å². The van der Waals surface area contributed by atoms with E-state index in [0.29, 0.717) is 49.1 Å². The predicted molar refractivity (Wildman–Crippen MR) is 127 cm³/mol. The molecule has 0 N–H and O–H groups in total. The molecule has 2 aromatic heterocycles. The van der Waals surface area contributed by atoms with Gasteiger partial charge in [0.1, 0.15) is 5.82 Å². The molecular weight excluding hydrogens is 428 g/mol. The fraction of sp³-hybridized carbons (Fsp3) is 0.192. The SMILES string of the molecule is Cc1cccc(-c2nnc(-c3ccc(C(=O)N4CCN(c5cc(C#N)ccn5)CC4)cc3)o2)c1. The van der Waals surface area contributed by atoms with Crippen molar-refractivity contribution in [2.24, 2.45) is 0 Å². The van der Waals surface area contributed by atoms with Crippen LogP contribution in [0.5, 0.6) is 0 Å². The Kier molecular flexibility index (Phi) is 5.75. The van der Waals surface area contributed by atoms with E-state index in [4.69, 9.17) is 9.68 Å². The Morgan fingerprint density at radius 2 is 1.68 bits per heavy atom. The third-order valence-electron chi connectivity index (χ3n) is 5.83. The van der Waals surface area contributed by atoms with Crippen LogP contribution in [0.3, 0.4) is 0 Å². The first kappa shape index (κ1) is 21.3. The summed E-state index contributed by atoms with van der Waals surface area (Å²) in [5.41, 5.74) is 3.94. The Morgan fingerprint density at radius 1 is 0.941 bits per heavy atom. The fourth-order valence-corrected chi connectivity index (χ4v) is 3.97. The van der Waals surface area contributed by atoms with Gasteiger partial charge in [-0.1, -0.05) is 17.7 Å². The Hall–Kier alpha value is -4.51. The van der Waals surface area contributed by atoms with Crippen LogP contribution in [0.4, 0.5) is 5.82 Å². The van der Waals surface area contributed by atoms with E-state index in [0.717, 1.165) is 22.5 Å². The highest BCUT2D eigenvalue weighted by molar-refractivity contribution is 5.94. The summed E-state index contributed by atoms with van der Waals surface area (Å²) in [5, 5.41) is 17.4. The summed E-state index contributed by atoms with van der Waals surface area (Å²) in [6, 6.07) is 20.7. The minimum Gasteiger partial charge on any atom is -0.416 e. The molecule has 1 saturated heterocycles. The van der Waals surface area contributed by atoms with E-state index in [2.05, 4.69) is 26.2 Å². The van der Waals surface area contributed by atoms with Gasteiger partial charge in [0, 0.05) is 49.1 Å². The number of rotatable bonds is 4. The van der Waals surface area contributed by atoms with Gasteiger partial charge in [-0.3, -0.25) is 4.79 Å². The molecule has 34 heavy (non-hydrogen) atoms. The Bertz CT molecular complexity index is 1360. The smallest absolute Gasteiger partial charge is 0.253 e. The summed E-state index contributed by atoms with van der Waals surface area (Å²) >= 11 is 0. The van der Waals surface area contributed by atoms with Gasteiger partial charge < -0.3 is 14.2 Å². The first-order chi connectivity index (χ1) is 16.6. The second-order valence-corrected chi connectivity index (χ2v) is 8.15. The predicted octanol–water partition coefficient (Wildman–Crippen LogP) is 3.94. The standard InChI is InChI=1S/C26H22N6O2/c1-18-3-2-4-22(15-18)25-30-29-24(34-25)20-5-7-21(8-6-20)26(33)32-13-11-31(12-14-32)23-16-19(17-27)9-10-28-23/h2-10,15-16H,11-14H2,1H3. The van der Waals surface area contributed by atoms with Crippen molar-refractivity contribution in [1.29, 1.82) is 5.26 Å². The number of aryl methyl sites for hydroxylation is 1. The number of benzene rings is 2. The molecular formula is C26H22N6O2. The van der Waals surface area contributed by atoms with E-state index < -0.39 is 0 Å². The highest BCUT2D eigenvalue weighted by atomic mass is 16.4. The third kappa shape index (κ3) is 4.36. The normalized spacial score (nSPS) is 13.5. The van der Waals surface area contributed by atoms with Crippen molar-refractivity contribution < 1.29 is 9.21 Å². The number of anilines is 1. The highest BCUT2D eigenvalue weighted by Crippen LogP contribution is 2.25. The van der Waals surface area contributed by atoms with Crippen molar-refractivity contribution in [3.8, 4) is 29.0 Å². The minimum absolute atomic E-state index is 0.0177. The molecule has 0 unspecified atom stereocenters. The maximum absolute atomic E-state index is 13.0. The van der Waals surface area contributed by atoms with Crippen LogP contribution >= 0.6 is 0 Å². The molecule has 3 heterocycles. The molecule has 1 aliphatic rings. The number of nitrogens with zero attached hydrogens (tertiary/aromatic N) is 6. The monoisotopic (exact) mass is 450 g/mol. The van der Waals surface area contributed by atoms with Gasteiger partial charge >= 0.3 is 0 Å². The maximum atomic E-state index is 13.0. The van der Waals surface area contributed by atoms with Gasteiger partial charge in [0.15, 0.2) is 0 Å². The first-order valence-electron chi connectivity index (χ1n) is 11.0. The lowest BCUT2D eigenvalue weighted by atomic mass is 10.1. The molecule has 2 aromatic carbocycles. The van der Waals surface area contributed by atoms with Gasteiger partial charge in [-0.05, 0) is 55.5 Å². The van der Waals surface area contributed by atoms with E-state index in [-0.39, 0.29) is 5.91 Å². The largest absolute Gasteiger partial charge is 0.416 e. The van der Waals surface area contributed by atoms with E-state index in [9.17, 15) is 4.79 Å². The van der Waals surface area contributed by atoms with Crippen LogP contribution in [0.25, 0.3) is 22.9 Å². The summed E-state index contributed by atoms with van der Waals surface area (Å²) in [4.78, 5) is 21.3. The second kappa shape index (κ2) is 9.16. The highest BCUT2D eigenvalue weighted by Gasteiger charge is 2.23. The number of carbonyl (C=O) groups excluding carboxylic acids is 1. The molecule has 8 nitrogen and oxygen atoms in total. The van der Waals surface area contributed by atoms with Gasteiger partial charge in [0.05, 0.1) is 11.6 Å². The van der Waals surface area contributed by atoms with Gasteiger partial charge in [-0.25, -0.2) is 4.98 Å². The van der Waals surface area contributed by atoms with E-state index in [1.165, 1.54) is 0 Å². The lowest BCUT2D eigenvalue weighted by Crippen LogP contribution is -2.49. The molecule has 0 spiro atoms. The number of amides is 1. The first-order valence-corrected chi connectivity index (χ1v) is 11.0. The van der Waals surface area contributed by atoms with Crippen molar-refractivity contribution in [3.05, 3.63) is 83.6 Å². The van der Waals surface area contributed by atoms with Crippen LogP contribution in [0, 0.1) is 18.3 Å². The van der Waals surface area contributed by atoms with Crippen LogP contribution in [-0.2, 0) is 0 Å². The number of hydrogen-bond acceptors (Lipinski definition) is 7. The van der Waals surface area contributed by atoms with Crippen LogP contribution in [0.2, 0.25) is 0 Å². The number of hydrogen-bond donors (Lipinski definition) is 0.